The molecule has 3 unspecified atom stereocenters. The Balaban J connectivity index is 1.86. The van der Waals surface area contributed by atoms with Crippen molar-refractivity contribution >= 4 is 6.03 Å². The van der Waals surface area contributed by atoms with Gasteiger partial charge in [0.05, 0.1) is 6.10 Å². The third-order valence-electron chi connectivity index (χ3n) is 4.96. The topological polar surface area (TPSA) is 55.8 Å². The van der Waals surface area contributed by atoms with Gasteiger partial charge in [0, 0.05) is 31.6 Å². The lowest BCUT2D eigenvalue weighted by atomic mass is 9.94. The van der Waals surface area contributed by atoms with Gasteiger partial charge in [-0.1, -0.05) is 30.3 Å². The Kier molecular flexibility index (Phi) is 7.06. The number of nitrogens with zero attached hydrogens (tertiary/aromatic N) is 2. The Morgan fingerprint density at radius 3 is 2.71 bits per heavy atom. The molecule has 2 N–H and O–H groups in total. The molecule has 1 aliphatic heterocycles. The van der Waals surface area contributed by atoms with Gasteiger partial charge in [-0.2, -0.15) is 0 Å². The first-order valence-corrected chi connectivity index (χ1v) is 8.88. The maximum absolute atomic E-state index is 12.5. The standard InChI is InChI=1S/C19H31N3O2/c1-15(23)17-10-7-11-22(14-17)19(24)20-13-18(21(2)3)12-16-8-5-4-6-9-16/h4-6,8-9,15,17-18,23H,7,10-14H2,1-3H3,(H,20,24). The largest absolute Gasteiger partial charge is 0.393 e. The number of amides is 2. The summed E-state index contributed by atoms with van der Waals surface area (Å²) in [7, 11) is 4.09. The van der Waals surface area contributed by atoms with Crippen LogP contribution in [0, 0.1) is 5.92 Å². The highest BCUT2D eigenvalue weighted by Gasteiger charge is 2.26. The fourth-order valence-electron chi connectivity index (χ4n) is 3.23. The highest BCUT2D eigenvalue weighted by Crippen LogP contribution is 2.19. The molecule has 2 amide bonds. The van der Waals surface area contributed by atoms with Crippen LogP contribution in [0.25, 0.3) is 0 Å². The van der Waals surface area contributed by atoms with Crippen molar-refractivity contribution in [2.75, 3.05) is 33.7 Å². The Labute approximate surface area is 145 Å². The molecule has 1 aliphatic rings. The lowest BCUT2D eigenvalue weighted by Gasteiger charge is -2.35. The second kappa shape index (κ2) is 9.04. The molecule has 1 aromatic rings. The zero-order valence-electron chi connectivity index (χ0n) is 15.1. The van der Waals surface area contributed by atoms with Gasteiger partial charge in [0.2, 0.25) is 0 Å². The zero-order valence-corrected chi connectivity index (χ0v) is 15.1. The minimum absolute atomic E-state index is 0.0136. The van der Waals surface area contributed by atoms with Gasteiger partial charge in [-0.3, -0.25) is 0 Å². The Hall–Kier alpha value is -1.59. The SMILES string of the molecule is CC(O)C1CCCN(C(=O)NCC(Cc2ccccc2)N(C)C)C1. The molecule has 0 aliphatic carbocycles. The summed E-state index contributed by atoms with van der Waals surface area (Å²) in [6, 6.07) is 10.6. The zero-order chi connectivity index (χ0) is 17.5. The van der Waals surface area contributed by atoms with Crippen molar-refractivity contribution in [3.63, 3.8) is 0 Å². The Morgan fingerprint density at radius 1 is 1.38 bits per heavy atom. The van der Waals surface area contributed by atoms with Crippen LogP contribution < -0.4 is 5.32 Å². The molecule has 2 rings (SSSR count). The Morgan fingerprint density at radius 2 is 2.08 bits per heavy atom. The average molecular weight is 333 g/mol. The third-order valence-corrected chi connectivity index (χ3v) is 4.96. The van der Waals surface area contributed by atoms with Crippen molar-refractivity contribution in [3.8, 4) is 0 Å². The van der Waals surface area contributed by atoms with Crippen LogP contribution in [0.2, 0.25) is 0 Å². The van der Waals surface area contributed by atoms with E-state index in [-0.39, 0.29) is 24.1 Å². The molecule has 0 spiro atoms. The summed E-state index contributed by atoms with van der Waals surface area (Å²) in [4.78, 5) is 16.5. The van der Waals surface area contributed by atoms with Gasteiger partial charge in [-0.25, -0.2) is 4.79 Å². The van der Waals surface area contributed by atoms with E-state index in [1.54, 1.807) is 0 Å². The molecule has 24 heavy (non-hydrogen) atoms. The van der Waals surface area contributed by atoms with E-state index in [9.17, 15) is 9.90 Å². The summed E-state index contributed by atoms with van der Waals surface area (Å²) in [6.07, 6.45) is 2.51. The number of urea groups is 1. The number of hydrogen-bond donors (Lipinski definition) is 2. The molecule has 1 fully saturated rings. The van der Waals surface area contributed by atoms with Crippen LogP contribution in [0.1, 0.15) is 25.3 Å². The second-order valence-electron chi connectivity index (χ2n) is 7.08. The Bertz CT molecular complexity index is 505. The van der Waals surface area contributed by atoms with Gasteiger partial charge in [0.25, 0.3) is 0 Å². The van der Waals surface area contributed by atoms with Gasteiger partial charge in [-0.15, -0.1) is 0 Å². The van der Waals surface area contributed by atoms with E-state index in [1.165, 1.54) is 5.56 Å². The molecule has 0 radical (unpaired) electrons. The predicted octanol–water partition coefficient (Wildman–Crippen LogP) is 1.96. The number of rotatable bonds is 6. The first-order valence-electron chi connectivity index (χ1n) is 8.88. The number of carbonyl (C=O) groups excluding carboxylic acids is 1. The molecular weight excluding hydrogens is 302 g/mol. The highest BCUT2D eigenvalue weighted by atomic mass is 16.3. The monoisotopic (exact) mass is 333 g/mol. The quantitative estimate of drug-likeness (QED) is 0.837. The molecule has 1 aromatic carbocycles. The van der Waals surface area contributed by atoms with Crippen LogP contribution in [0.5, 0.6) is 0 Å². The maximum Gasteiger partial charge on any atom is 0.317 e. The van der Waals surface area contributed by atoms with Crippen LogP contribution in [-0.2, 0) is 6.42 Å². The molecule has 5 heteroatoms. The fraction of sp³-hybridized carbons (Fsp3) is 0.632. The van der Waals surface area contributed by atoms with Crippen LogP contribution in [0.3, 0.4) is 0 Å². The van der Waals surface area contributed by atoms with E-state index in [0.717, 1.165) is 25.8 Å². The summed E-state index contributed by atoms with van der Waals surface area (Å²) >= 11 is 0. The van der Waals surface area contributed by atoms with Crippen LogP contribution in [-0.4, -0.2) is 66.8 Å². The van der Waals surface area contributed by atoms with E-state index < -0.39 is 0 Å². The van der Waals surface area contributed by atoms with Crippen molar-refractivity contribution < 1.29 is 9.90 Å². The fourth-order valence-corrected chi connectivity index (χ4v) is 3.23. The molecule has 5 nitrogen and oxygen atoms in total. The first kappa shape index (κ1) is 18.7. The summed E-state index contributed by atoms with van der Waals surface area (Å²) < 4.78 is 0. The van der Waals surface area contributed by atoms with Crippen molar-refractivity contribution in [1.82, 2.24) is 15.1 Å². The number of likely N-dealkylation sites (N-methyl/N-ethyl adjacent to an activating group) is 1. The predicted molar refractivity (Wildman–Crippen MR) is 97.0 cm³/mol. The van der Waals surface area contributed by atoms with E-state index in [2.05, 4.69) is 22.3 Å². The number of benzene rings is 1. The van der Waals surface area contributed by atoms with Gasteiger partial charge in [0.1, 0.15) is 0 Å². The van der Waals surface area contributed by atoms with Crippen molar-refractivity contribution in [2.24, 2.45) is 5.92 Å². The molecule has 1 heterocycles. The number of aliphatic hydroxyl groups excluding tert-OH is 1. The first-order chi connectivity index (χ1) is 11.5. The van der Waals surface area contributed by atoms with E-state index in [0.29, 0.717) is 13.1 Å². The van der Waals surface area contributed by atoms with Crippen LogP contribution >= 0.6 is 0 Å². The van der Waals surface area contributed by atoms with Crippen molar-refractivity contribution in [2.45, 2.75) is 38.3 Å². The molecule has 0 saturated carbocycles. The number of piperidine rings is 1. The smallest absolute Gasteiger partial charge is 0.317 e. The van der Waals surface area contributed by atoms with Crippen molar-refractivity contribution in [1.29, 1.82) is 0 Å². The normalized spacial score (nSPS) is 20.7. The number of hydrogen-bond acceptors (Lipinski definition) is 3. The summed E-state index contributed by atoms with van der Waals surface area (Å²) in [5.74, 6) is 0.193. The molecule has 3 atom stereocenters. The lowest BCUT2D eigenvalue weighted by Crippen LogP contribution is -2.50. The van der Waals surface area contributed by atoms with E-state index in [4.69, 9.17) is 0 Å². The minimum atomic E-state index is -0.354. The lowest BCUT2D eigenvalue weighted by molar-refractivity contribution is 0.0735. The third kappa shape index (κ3) is 5.49. The highest BCUT2D eigenvalue weighted by molar-refractivity contribution is 5.74. The van der Waals surface area contributed by atoms with Gasteiger partial charge < -0.3 is 20.2 Å². The number of carbonyl (C=O) groups is 1. The van der Waals surface area contributed by atoms with Crippen LogP contribution in [0.4, 0.5) is 4.79 Å². The molecular formula is C19H31N3O2. The number of likely N-dealkylation sites (tertiary alicyclic amines) is 1. The number of nitrogens with one attached hydrogen (secondary N) is 1. The molecule has 0 bridgehead atoms. The van der Waals surface area contributed by atoms with Gasteiger partial charge in [-0.05, 0) is 45.8 Å². The molecule has 1 saturated heterocycles. The van der Waals surface area contributed by atoms with Crippen LogP contribution in [0.15, 0.2) is 30.3 Å². The summed E-state index contributed by atoms with van der Waals surface area (Å²) in [5.41, 5.74) is 1.28. The minimum Gasteiger partial charge on any atom is -0.393 e. The van der Waals surface area contributed by atoms with E-state index >= 15 is 0 Å². The maximum atomic E-state index is 12.5. The molecule has 0 aromatic heterocycles. The van der Waals surface area contributed by atoms with Gasteiger partial charge >= 0.3 is 6.03 Å². The summed E-state index contributed by atoms with van der Waals surface area (Å²) in [5, 5.41) is 12.8. The van der Waals surface area contributed by atoms with Crippen molar-refractivity contribution in [3.05, 3.63) is 35.9 Å². The number of aliphatic hydroxyl groups is 1. The van der Waals surface area contributed by atoms with Gasteiger partial charge in [0.15, 0.2) is 0 Å². The second-order valence-corrected chi connectivity index (χ2v) is 7.08. The molecule has 134 valence electrons. The van der Waals surface area contributed by atoms with E-state index in [1.807, 2.05) is 44.1 Å². The summed E-state index contributed by atoms with van der Waals surface area (Å²) in [6.45, 7) is 3.86. The average Bonchev–Trinajstić information content (AvgIpc) is 2.59.